The number of rotatable bonds is 5. The molecule has 6 nitrogen and oxygen atoms in total. The predicted molar refractivity (Wildman–Crippen MR) is 114 cm³/mol. The molecule has 7 heteroatoms. The van der Waals surface area contributed by atoms with E-state index in [1.54, 1.807) is 43.0 Å². The molecular formula is C23H28O6S. The van der Waals surface area contributed by atoms with Crippen molar-refractivity contribution in [1.29, 1.82) is 0 Å². The van der Waals surface area contributed by atoms with Gasteiger partial charge in [0, 0.05) is 10.6 Å². The number of benzene rings is 2. The fourth-order valence-electron chi connectivity index (χ4n) is 3.99. The maximum absolute atomic E-state index is 12.6. The Balaban J connectivity index is 0.00000256. The third-order valence-corrected chi connectivity index (χ3v) is 7.37. The summed E-state index contributed by atoms with van der Waals surface area (Å²) < 4.78 is 5.75. The van der Waals surface area contributed by atoms with Crippen LogP contribution in [0.15, 0.2) is 65.6 Å². The van der Waals surface area contributed by atoms with Crippen molar-refractivity contribution in [2.24, 2.45) is 5.92 Å². The average Bonchev–Trinajstić information content (AvgIpc) is 2.74. The Morgan fingerprint density at radius 1 is 1.10 bits per heavy atom. The lowest BCUT2D eigenvalue weighted by Gasteiger charge is -2.53. The van der Waals surface area contributed by atoms with E-state index < -0.39 is 29.4 Å². The Morgan fingerprint density at radius 2 is 1.73 bits per heavy atom. The van der Waals surface area contributed by atoms with Gasteiger partial charge >= 0.3 is 5.97 Å². The van der Waals surface area contributed by atoms with Gasteiger partial charge in [-0.2, -0.15) is 0 Å². The number of hydrogen-bond donors (Lipinski definition) is 1. The van der Waals surface area contributed by atoms with Crippen LogP contribution in [0.4, 0.5) is 0 Å². The fraction of sp³-hybridized carbons (Fsp3) is 0.435. The molecule has 1 saturated heterocycles. The highest BCUT2D eigenvalue weighted by Crippen LogP contribution is 2.47. The molecule has 3 N–H and O–H groups in total. The van der Waals surface area contributed by atoms with Gasteiger partial charge in [-0.3, -0.25) is 0 Å². The van der Waals surface area contributed by atoms with E-state index in [9.17, 15) is 9.90 Å². The Labute approximate surface area is 180 Å². The maximum Gasteiger partial charge on any atom is 0.338 e. The minimum Gasteiger partial charge on any atom is -0.456 e. The highest BCUT2D eigenvalue weighted by atomic mass is 32.2. The zero-order valence-electron chi connectivity index (χ0n) is 17.1. The molecule has 2 aliphatic rings. The van der Waals surface area contributed by atoms with Gasteiger partial charge in [0.05, 0.1) is 5.56 Å². The lowest BCUT2D eigenvalue weighted by molar-refractivity contribution is -0.448. The molecule has 1 heterocycles. The summed E-state index contributed by atoms with van der Waals surface area (Å²) in [6.45, 7) is 3.68. The van der Waals surface area contributed by atoms with Gasteiger partial charge in [0.15, 0.2) is 0 Å². The smallest absolute Gasteiger partial charge is 0.338 e. The number of carbonyl (C=O) groups is 1. The first-order valence-corrected chi connectivity index (χ1v) is 10.9. The van der Waals surface area contributed by atoms with Crippen molar-refractivity contribution in [3.05, 3.63) is 66.2 Å². The number of fused-ring (bicyclic) bond motifs is 2. The monoisotopic (exact) mass is 432 g/mol. The van der Waals surface area contributed by atoms with Crippen LogP contribution < -0.4 is 0 Å². The highest BCUT2D eigenvalue weighted by molar-refractivity contribution is 7.99. The van der Waals surface area contributed by atoms with Crippen molar-refractivity contribution in [2.45, 2.75) is 55.0 Å². The van der Waals surface area contributed by atoms with E-state index in [-0.39, 0.29) is 11.4 Å². The molecule has 2 bridgehead atoms. The Bertz CT molecular complexity index is 843. The molecule has 2 aromatic rings. The number of hydrogen-bond acceptors (Lipinski definition) is 6. The molecule has 30 heavy (non-hydrogen) atoms. The molecule has 4 rings (SSSR count). The molecule has 0 aromatic heterocycles. The van der Waals surface area contributed by atoms with Crippen molar-refractivity contribution >= 4 is 17.7 Å². The lowest BCUT2D eigenvalue weighted by atomic mass is 9.69. The Kier molecular flexibility index (Phi) is 6.89. The summed E-state index contributed by atoms with van der Waals surface area (Å²) >= 11 is 1.71. The molecule has 1 aliphatic carbocycles. The molecule has 2 fully saturated rings. The SMILES string of the molecule is C[C@]1(CSc2ccccc2)OO[C@@H]2C[C@H]1CC(OC(=O)c1ccccc1)[C@@]2(C)O.O. The number of esters is 1. The summed E-state index contributed by atoms with van der Waals surface area (Å²) in [7, 11) is 0. The number of aliphatic hydroxyl groups is 1. The van der Waals surface area contributed by atoms with Gasteiger partial charge in [-0.05, 0) is 56.9 Å². The van der Waals surface area contributed by atoms with Gasteiger partial charge < -0.3 is 15.3 Å². The summed E-state index contributed by atoms with van der Waals surface area (Å²) in [5.74, 6) is 0.374. The van der Waals surface area contributed by atoms with E-state index in [1.807, 2.05) is 31.2 Å². The quantitative estimate of drug-likeness (QED) is 0.442. The molecule has 0 radical (unpaired) electrons. The van der Waals surface area contributed by atoms with E-state index in [1.165, 1.54) is 0 Å². The Morgan fingerprint density at radius 3 is 2.40 bits per heavy atom. The summed E-state index contributed by atoms with van der Waals surface area (Å²) in [5, 5.41) is 11.0. The van der Waals surface area contributed by atoms with Crippen LogP contribution >= 0.6 is 11.8 Å². The van der Waals surface area contributed by atoms with Crippen LogP contribution in [0.2, 0.25) is 0 Å². The van der Waals surface area contributed by atoms with Crippen LogP contribution in [-0.4, -0.2) is 45.7 Å². The van der Waals surface area contributed by atoms with E-state index >= 15 is 0 Å². The third-order valence-electron chi connectivity index (χ3n) is 6.05. The van der Waals surface area contributed by atoms with Gasteiger partial charge in [0.2, 0.25) is 0 Å². The normalized spacial score (nSPS) is 32.7. The largest absolute Gasteiger partial charge is 0.456 e. The zero-order valence-corrected chi connectivity index (χ0v) is 17.9. The predicted octanol–water partition coefficient (Wildman–Crippen LogP) is 3.43. The van der Waals surface area contributed by atoms with Gasteiger partial charge in [0.1, 0.15) is 23.4 Å². The first kappa shape index (κ1) is 22.8. The van der Waals surface area contributed by atoms with Crippen molar-refractivity contribution < 1.29 is 29.9 Å². The van der Waals surface area contributed by atoms with Crippen molar-refractivity contribution in [1.82, 2.24) is 0 Å². The number of thioether (sulfide) groups is 1. The second-order valence-corrected chi connectivity index (χ2v) is 9.29. The van der Waals surface area contributed by atoms with E-state index in [4.69, 9.17) is 14.5 Å². The minimum atomic E-state index is -1.31. The molecule has 162 valence electrons. The highest BCUT2D eigenvalue weighted by Gasteiger charge is 2.57. The Hall–Kier alpha value is -1.90. The van der Waals surface area contributed by atoms with E-state index in [2.05, 4.69) is 12.1 Å². The lowest BCUT2D eigenvalue weighted by Crippen LogP contribution is -2.64. The van der Waals surface area contributed by atoms with E-state index in [0.29, 0.717) is 24.2 Å². The van der Waals surface area contributed by atoms with Crippen LogP contribution in [0.3, 0.4) is 0 Å². The van der Waals surface area contributed by atoms with Crippen LogP contribution in [0.5, 0.6) is 0 Å². The van der Waals surface area contributed by atoms with Crippen molar-refractivity contribution in [3.63, 3.8) is 0 Å². The molecule has 1 aliphatic heterocycles. The second-order valence-electron chi connectivity index (χ2n) is 8.24. The maximum atomic E-state index is 12.6. The summed E-state index contributed by atoms with van der Waals surface area (Å²) in [6.07, 6.45) is -0.0104. The summed E-state index contributed by atoms with van der Waals surface area (Å²) in [5.41, 5.74) is -1.38. The first-order valence-electron chi connectivity index (χ1n) is 9.89. The minimum absolute atomic E-state index is 0. The van der Waals surface area contributed by atoms with Gasteiger partial charge in [-0.15, -0.1) is 11.8 Å². The van der Waals surface area contributed by atoms with E-state index in [0.717, 1.165) is 4.90 Å². The number of ether oxygens (including phenoxy) is 1. The molecule has 0 spiro atoms. The molecular weight excluding hydrogens is 404 g/mol. The van der Waals surface area contributed by atoms with Crippen LogP contribution in [0.25, 0.3) is 0 Å². The first-order chi connectivity index (χ1) is 13.9. The van der Waals surface area contributed by atoms with Gasteiger partial charge in [-0.25, -0.2) is 14.6 Å². The van der Waals surface area contributed by atoms with Crippen molar-refractivity contribution in [2.75, 3.05) is 5.75 Å². The number of carbonyl (C=O) groups excluding carboxylic acids is 1. The van der Waals surface area contributed by atoms with Gasteiger partial charge in [0.25, 0.3) is 0 Å². The third kappa shape index (κ3) is 4.55. The molecule has 0 amide bonds. The van der Waals surface area contributed by atoms with Crippen molar-refractivity contribution in [3.8, 4) is 0 Å². The average molecular weight is 433 g/mol. The molecule has 2 aromatic carbocycles. The molecule has 5 atom stereocenters. The standard InChI is InChI=1S/C23H26O5S.H2O/c1-22(15-29-18-11-7-4-8-12-18)17-13-19(23(2,25)20(14-17)27-28-22)26-21(24)16-9-5-3-6-10-16;/h3-12,17,19-20,25H,13-15H2,1-2H3;1H2/t17-,19?,20-,22-,23-;/m1./s1. The van der Waals surface area contributed by atoms with Crippen LogP contribution in [0.1, 0.15) is 37.0 Å². The van der Waals surface area contributed by atoms with Crippen LogP contribution in [-0.2, 0) is 14.5 Å². The molecule has 1 unspecified atom stereocenters. The molecule has 1 saturated carbocycles. The summed E-state index contributed by atoms with van der Waals surface area (Å²) in [4.78, 5) is 25.2. The topological polar surface area (TPSA) is 96.5 Å². The second kappa shape index (κ2) is 9.08. The van der Waals surface area contributed by atoms with Gasteiger partial charge in [-0.1, -0.05) is 36.4 Å². The van der Waals surface area contributed by atoms with Crippen LogP contribution in [0, 0.1) is 5.92 Å². The summed E-state index contributed by atoms with van der Waals surface area (Å²) in [6, 6.07) is 19.0. The fourth-order valence-corrected chi connectivity index (χ4v) is 5.08. The zero-order chi connectivity index (χ0) is 20.5.